The van der Waals surface area contributed by atoms with E-state index in [1.807, 2.05) is 31.2 Å². The molecule has 0 aliphatic carbocycles. The average Bonchev–Trinajstić information content (AvgIpc) is 3.16. The summed E-state index contributed by atoms with van der Waals surface area (Å²) in [5, 5.41) is 7.17. The minimum Gasteiger partial charge on any atom is -0.493 e. The molecule has 0 bridgehead atoms. The topological polar surface area (TPSA) is 76.6 Å². The molecule has 2 atom stereocenters. The summed E-state index contributed by atoms with van der Waals surface area (Å²) in [4.78, 5) is 17.7. The SMILES string of the molecule is CCCCOc1ccccc1C1c2cn[nH]c2N=C(CCC)C1C(=O)OCC. The van der Waals surface area contributed by atoms with Crippen molar-refractivity contribution in [3.63, 3.8) is 0 Å². The van der Waals surface area contributed by atoms with Gasteiger partial charge in [0.1, 0.15) is 11.7 Å². The van der Waals surface area contributed by atoms with Gasteiger partial charge in [-0.25, -0.2) is 4.99 Å². The Kier molecular flexibility index (Phi) is 6.85. The molecule has 0 spiro atoms. The van der Waals surface area contributed by atoms with Gasteiger partial charge in [-0.3, -0.25) is 9.89 Å². The number of aromatic nitrogens is 2. The quantitative estimate of drug-likeness (QED) is 0.499. The molecule has 0 saturated heterocycles. The second kappa shape index (κ2) is 9.53. The number of carbonyl (C=O) groups excluding carboxylic acids is 1. The largest absolute Gasteiger partial charge is 0.493 e. The van der Waals surface area contributed by atoms with Crippen LogP contribution in [-0.2, 0) is 9.53 Å². The number of nitrogens with one attached hydrogen (secondary N) is 1. The van der Waals surface area contributed by atoms with E-state index in [0.29, 0.717) is 13.2 Å². The van der Waals surface area contributed by atoms with E-state index in [1.165, 1.54) is 0 Å². The van der Waals surface area contributed by atoms with E-state index in [2.05, 4.69) is 24.0 Å². The Morgan fingerprint density at radius 3 is 2.71 bits per heavy atom. The zero-order chi connectivity index (χ0) is 19.9. The van der Waals surface area contributed by atoms with Crippen molar-refractivity contribution in [3.05, 3.63) is 41.6 Å². The van der Waals surface area contributed by atoms with E-state index in [-0.39, 0.29) is 11.9 Å². The Labute approximate surface area is 166 Å². The molecular weight excluding hydrogens is 354 g/mol. The first-order chi connectivity index (χ1) is 13.7. The monoisotopic (exact) mass is 383 g/mol. The van der Waals surface area contributed by atoms with Gasteiger partial charge < -0.3 is 9.47 Å². The van der Waals surface area contributed by atoms with E-state index in [9.17, 15) is 4.79 Å². The fourth-order valence-corrected chi connectivity index (χ4v) is 3.71. The molecule has 1 aliphatic rings. The Morgan fingerprint density at radius 2 is 1.96 bits per heavy atom. The lowest BCUT2D eigenvalue weighted by atomic mass is 9.76. The fraction of sp³-hybridized carbons (Fsp3) is 0.500. The normalized spacial score (nSPS) is 18.3. The molecule has 0 fully saturated rings. The first kappa shape index (κ1) is 20.1. The van der Waals surface area contributed by atoms with Crippen LogP contribution in [0, 0.1) is 5.92 Å². The number of para-hydroxylation sites is 1. The van der Waals surface area contributed by atoms with Crippen LogP contribution < -0.4 is 4.74 Å². The van der Waals surface area contributed by atoms with Gasteiger partial charge in [-0.05, 0) is 25.8 Å². The summed E-state index contributed by atoms with van der Waals surface area (Å²) in [6.45, 7) is 7.05. The Morgan fingerprint density at radius 1 is 1.14 bits per heavy atom. The molecule has 3 rings (SSSR count). The molecule has 6 heteroatoms. The van der Waals surface area contributed by atoms with Crippen molar-refractivity contribution in [2.75, 3.05) is 13.2 Å². The minimum atomic E-state index is -0.471. The van der Waals surface area contributed by atoms with Gasteiger partial charge in [0.25, 0.3) is 0 Å². The van der Waals surface area contributed by atoms with Crippen molar-refractivity contribution in [3.8, 4) is 5.75 Å². The van der Waals surface area contributed by atoms with Gasteiger partial charge in [0.05, 0.1) is 19.4 Å². The number of benzene rings is 1. The molecule has 2 unspecified atom stereocenters. The number of H-pyrrole nitrogens is 1. The van der Waals surface area contributed by atoms with Gasteiger partial charge in [0.2, 0.25) is 0 Å². The second-order valence-electron chi connectivity index (χ2n) is 6.97. The molecule has 1 aromatic heterocycles. The van der Waals surface area contributed by atoms with Crippen molar-refractivity contribution < 1.29 is 14.3 Å². The van der Waals surface area contributed by atoms with Crippen LogP contribution in [0.1, 0.15) is 63.5 Å². The highest BCUT2D eigenvalue weighted by molar-refractivity contribution is 6.06. The highest BCUT2D eigenvalue weighted by atomic mass is 16.5. The molecule has 28 heavy (non-hydrogen) atoms. The number of hydrogen-bond acceptors (Lipinski definition) is 5. The average molecular weight is 383 g/mol. The Hall–Kier alpha value is -2.63. The number of unbranched alkanes of at least 4 members (excludes halogenated alkanes) is 1. The van der Waals surface area contributed by atoms with Crippen molar-refractivity contribution in [1.82, 2.24) is 10.2 Å². The number of rotatable bonds is 9. The van der Waals surface area contributed by atoms with Crippen LogP contribution in [0.5, 0.6) is 5.75 Å². The van der Waals surface area contributed by atoms with Gasteiger partial charge in [-0.1, -0.05) is 44.9 Å². The number of aliphatic imine (C=N–C) groups is 1. The molecule has 1 N–H and O–H groups in total. The summed E-state index contributed by atoms with van der Waals surface area (Å²) < 4.78 is 11.5. The zero-order valence-electron chi connectivity index (χ0n) is 16.9. The molecular formula is C22H29N3O3. The lowest BCUT2D eigenvalue weighted by Gasteiger charge is -2.31. The first-order valence-corrected chi connectivity index (χ1v) is 10.2. The number of carbonyl (C=O) groups is 1. The number of aromatic amines is 1. The first-order valence-electron chi connectivity index (χ1n) is 10.2. The molecule has 1 aromatic carbocycles. The highest BCUT2D eigenvalue weighted by Gasteiger charge is 2.41. The Bertz CT molecular complexity index is 828. The van der Waals surface area contributed by atoms with Crippen LogP contribution in [0.3, 0.4) is 0 Å². The second-order valence-corrected chi connectivity index (χ2v) is 6.97. The van der Waals surface area contributed by atoms with E-state index < -0.39 is 5.92 Å². The molecule has 6 nitrogen and oxygen atoms in total. The molecule has 2 heterocycles. The third kappa shape index (κ3) is 4.11. The zero-order valence-corrected chi connectivity index (χ0v) is 16.9. The smallest absolute Gasteiger partial charge is 0.315 e. The molecule has 0 saturated carbocycles. The fourth-order valence-electron chi connectivity index (χ4n) is 3.71. The summed E-state index contributed by atoms with van der Waals surface area (Å²) in [5.74, 6) is 0.581. The maximum absolute atomic E-state index is 13.0. The highest BCUT2D eigenvalue weighted by Crippen LogP contribution is 2.45. The maximum Gasteiger partial charge on any atom is 0.315 e. The number of hydrogen-bond donors (Lipinski definition) is 1. The van der Waals surface area contributed by atoms with Crippen molar-refractivity contribution in [2.45, 2.75) is 52.4 Å². The summed E-state index contributed by atoms with van der Waals surface area (Å²) in [6, 6.07) is 7.95. The van der Waals surface area contributed by atoms with Crippen LogP contribution in [0.15, 0.2) is 35.5 Å². The lowest BCUT2D eigenvalue weighted by molar-refractivity contribution is -0.146. The summed E-state index contributed by atoms with van der Waals surface area (Å²) in [6.07, 6.45) is 5.45. The van der Waals surface area contributed by atoms with Gasteiger partial charge in [0.15, 0.2) is 5.82 Å². The van der Waals surface area contributed by atoms with E-state index in [1.54, 1.807) is 6.20 Å². The van der Waals surface area contributed by atoms with Gasteiger partial charge in [0, 0.05) is 22.8 Å². The third-order valence-electron chi connectivity index (χ3n) is 4.99. The van der Waals surface area contributed by atoms with Crippen molar-refractivity contribution in [2.24, 2.45) is 10.9 Å². The summed E-state index contributed by atoms with van der Waals surface area (Å²) in [5.41, 5.74) is 2.72. The van der Waals surface area contributed by atoms with Crippen molar-refractivity contribution >= 4 is 17.5 Å². The van der Waals surface area contributed by atoms with Crippen LogP contribution in [0.4, 0.5) is 5.82 Å². The van der Waals surface area contributed by atoms with Gasteiger partial charge in [-0.2, -0.15) is 5.10 Å². The maximum atomic E-state index is 13.0. The van der Waals surface area contributed by atoms with E-state index in [0.717, 1.165) is 54.1 Å². The van der Waals surface area contributed by atoms with Gasteiger partial charge in [-0.15, -0.1) is 0 Å². The van der Waals surface area contributed by atoms with Crippen LogP contribution in [-0.4, -0.2) is 35.1 Å². The lowest BCUT2D eigenvalue weighted by Crippen LogP contribution is -2.34. The van der Waals surface area contributed by atoms with Crippen molar-refractivity contribution in [1.29, 1.82) is 0 Å². The molecule has 150 valence electrons. The van der Waals surface area contributed by atoms with E-state index in [4.69, 9.17) is 14.5 Å². The summed E-state index contributed by atoms with van der Waals surface area (Å²) in [7, 11) is 0. The minimum absolute atomic E-state index is 0.232. The number of nitrogens with zero attached hydrogens (tertiary/aromatic N) is 2. The van der Waals surface area contributed by atoms with Gasteiger partial charge >= 0.3 is 5.97 Å². The third-order valence-corrected chi connectivity index (χ3v) is 4.99. The van der Waals surface area contributed by atoms with Crippen LogP contribution in [0.25, 0.3) is 0 Å². The predicted octanol–water partition coefficient (Wildman–Crippen LogP) is 4.79. The van der Waals surface area contributed by atoms with E-state index >= 15 is 0 Å². The van der Waals surface area contributed by atoms with Crippen LogP contribution in [0.2, 0.25) is 0 Å². The predicted molar refractivity (Wildman–Crippen MR) is 109 cm³/mol. The van der Waals surface area contributed by atoms with Crippen LogP contribution >= 0.6 is 0 Å². The number of ether oxygens (including phenoxy) is 2. The molecule has 0 radical (unpaired) electrons. The summed E-state index contributed by atoms with van der Waals surface area (Å²) >= 11 is 0. The number of esters is 1. The standard InChI is InChI=1S/C22H29N3O3/c1-4-7-13-28-18-12-9-8-11-15(18)19-16-14-23-25-21(16)24-17(10-5-2)20(19)22(26)27-6-3/h8-9,11-12,14,19-20H,4-7,10,13H2,1-3H3,(H,23,25). The number of fused-ring (bicyclic) bond motifs is 1. The molecule has 2 aromatic rings. The molecule has 1 aliphatic heterocycles. The Balaban J connectivity index is 2.08. The molecule has 0 amide bonds.